The van der Waals surface area contributed by atoms with Gasteiger partial charge in [0.05, 0.1) is 24.1 Å². The summed E-state index contributed by atoms with van der Waals surface area (Å²) in [6, 6.07) is 3.64. The molecule has 1 aromatic carbocycles. The van der Waals surface area contributed by atoms with E-state index in [0.717, 1.165) is 0 Å². The number of halogens is 2. The summed E-state index contributed by atoms with van der Waals surface area (Å²) in [5.74, 6) is -1.28. The van der Waals surface area contributed by atoms with Crippen LogP contribution in [0.1, 0.15) is 30.5 Å². The van der Waals surface area contributed by atoms with Gasteiger partial charge in [0.15, 0.2) is 16.0 Å². The molecule has 0 saturated carbocycles. The van der Waals surface area contributed by atoms with Crippen molar-refractivity contribution in [3.05, 3.63) is 61.9 Å². The molecule has 10 nitrogen and oxygen atoms in total. The molecule has 218 valence electrons. The number of esters is 1. The van der Waals surface area contributed by atoms with E-state index in [0.29, 0.717) is 76.5 Å². The van der Waals surface area contributed by atoms with Crippen molar-refractivity contribution in [1.29, 1.82) is 0 Å². The Morgan fingerprint density at radius 2 is 2.10 bits per heavy atom. The van der Waals surface area contributed by atoms with Crippen LogP contribution in [0.5, 0.6) is 0 Å². The van der Waals surface area contributed by atoms with Crippen molar-refractivity contribution in [2.24, 2.45) is 10.4 Å². The van der Waals surface area contributed by atoms with E-state index in [1.165, 1.54) is 30.6 Å². The quantitative estimate of drug-likeness (QED) is 0.322. The Balaban J connectivity index is 1.44. The number of carbonyl (C=O) groups excluding carboxylic acids is 1. The predicted octanol–water partition coefficient (Wildman–Crippen LogP) is 3.26. The SMILES string of the molecule is COC(=O)C1=C(CN2CCN3C(=S)N(CC(C)(C)C(=O)O)C[C@@H]3C2)NC(c2nccs2)=N[C@@H]1c1ccc(F)cc1Br. The Morgan fingerprint density at radius 3 is 2.76 bits per heavy atom. The lowest BCUT2D eigenvalue weighted by molar-refractivity contribution is -0.147. The number of carbonyl (C=O) groups is 2. The number of thiocarbonyl (C=S) groups is 1. The molecule has 0 amide bonds. The largest absolute Gasteiger partial charge is 0.481 e. The summed E-state index contributed by atoms with van der Waals surface area (Å²) in [5.41, 5.74) is 0.674. The van der Waals surface area contributed by atoms with Crippen molar-refractivity contribution in [2.75, 3.05) is 46.4 Å². The first-order valence-corrected chi connectivity index (χ1v) is 15.1. The second-order valence-corrected chi connectivity index (χ2v) is 12.9. The molecule has 0 bridgehead atoms. The van der Waals surface area contributed by atoms with E-state index in [9.17, 15) is 19.1 Å². The van der Waals surface area contributed by atoms with Gasteiger partial charge >= 0.3 is 11.9 Å². The van der Waals surface area contributed by atoms with Crippen molar-refractivity contribution in [3.63, 3.8) is 0 Å². The molecule has 0 spiro atoms. The Bertz CT molecular complexity index is 1430. The number of aromatic nitrogens is 1. The highest BCUT2D eigenvalue weighted by Crippen LogP contribution is 2.37. The van der Waals surface area contributed by atoms with Crippen molar-refractivity contribution in [3.8, 4) is 0 Å². The van der Waals surface area contributed by atoms with Crippen LogP contribution >= 0.6 is 39.5 Å². The maximum atomic E-state index is 14.0. The maximum Gasteiger partial charge on any atom is 0.338 e. The lowest BCUT2D eigenvalue weighted by Crippen LogP contribution is -2.53. The summed E-state index contributed by atoms with van der Waals surface area (Å²) in [5, 5.41) is 16.1. The minimum absolute atomic E-state index is 0.0840. The lowest BCUT2D eigenvalue weighted by atomic mass is 9.93. The van der Waals surface area contributed by atoms with Crippen LogP contribution in [0, 0.1) is 11.2 Å². The molecule has 2 aromatic rings. The standard InChI is InChI=1S/C27H30BrFN6O4S2/c1-27(2,25(37)38)14-34-12-16-11-33(7-8-35(16)26(34)40)13-19-20(24(36)39-3)21(17-5-4-15(29)10-18(17)28)32-22(31-19)23-30-6-9-41-23/h4-6,9-10,16,21H,7-8,11-14H2,1-3H3,(H,31,32)(H,37,38)/t16-,21+/m0/s1. The zero-order valence-electron chi connectivity index (χ0n) is 22.8. The number of rotatable bonds is 8. The fourth-order valence-corrected chi connectivity index (χ4v) is 6.89. The molecule has 1 aromatic heterocycles. The van der Waals surface area contributed by atoms with Crippen LogP contribution in [0.4, 0.5) is 4.39 Å². The highest BCUT2D eigenvalue weighted by Gasteiger charge is 2.42. The number of ether oxygens (including phenoxy) is 1. The van der Waals surface area contributed by atoms with E-state index in [1.807, 2.05) is 10.3 Å². The van der Waals surface area contributed by atoms with Crippen LogP contribution in [0.15, 0.2) is 50.5 Å². The number of fused-ring (bicyclic) bond motifs is 1. The summed E-state index contributed by atoms with van der Waals surface area (Å²) < 4.78 is 19.7. The minimum atomic E-state index is -0.931. The lowest BCUT2D eigenvalue weighted by Gasteiger charge is -2.38. The van der Waals surface area contributed by atoms with Gasteiger partial charge in [-0.15, -0.1) is 11.3 Å². The van der Waals surface area contributed by atoms with E-state index >= 15 is 0 Å². The zero-order chi connectivity index (χ0) is 29.5. The Morgan fingerprint density at radius 1 is 1.32 bits per heavy atom. The third kappa shape index (κ3) is 6.01. The summed E-state index contributed by atoms with van der Waals surface area (Å²) in [4.78, 5) is 40.6. The van der Waals surface area contributed by atoms with Crippen LogP contribution < -0.4 is 5.32 Å². The van der Waals surface area contributed by atoms with E-state index in [-0.39, 0.29) is 6.04 Å². The monoisotopic (exact) mass is 664 g/mol. The number of nitrogens with zero attached hydrogens (tertiary/aromatic N) is 5. The molecular formula is C27H30BrFN6O4S2. The summed E-state index contributed by atoms with van der Waals surface area (Å²) in [6.45, 7) is 6.79. The Hall–Kier alpha value is -2.94. The molecule has 0 unspecified atom stereocenters. The molecule has 41 heavy (non-hydrogen) atoms. The number of hydrogen-bond acceptors (Lipinski definition) is 9. The fraction of sp³-hybridized carbons (Fsp3) is 0.444. The highest BCUT2D eigenvalue weighted by molar-refractivity contribution is 9.10. The molecule has 14 heteroatoms. The number of piperazine rings is 1. The third-order valence-corrected chi connectivity index (χ3v) is 9.44. The normalized spacial score (nSPS) is 21.5. The van der Waals surface area contributed by atoms with Crippen LogP contribution in [0.3, 0.4) is 0 Å². The predicted molar refractivity (Wildman–Crippen MR) is 160 cm³/mol. The van der Waals surface area contributed by atoms with Crippen molar-refractivity contribution in [1.82, 2.24) is 25.0 Å². The first kappa shape index (κ1) is 29.5. The molecule has 0 aliphatic carbocycles. The first-order valence-electron chi connectivity index (χ1n) is 13.0. The Labute approximate surface area is 255 Å². The second-order valence-electron chi connectivity index (χ2n) is 10.8. The molecule has 3 aliphatic heterocycles. The molecule has 2 N–H and O–H groups in total. The van der Waals surface area contributed by atoms with Gasteiger partial charge in [0.2, 0.25) is 0 Å². The number of aliphatic carboxylic acids is 1. The molecule has 2 atom stereocenters. The maximum absolute atomic E-state index is 14.0. The molecule has 2 fully saturated rings. The van der Waals surface area contributed by atoms with Gasteiger partial charge in [-0.1, -0.05) is 22.0 Å². The van der Waals surface area contributed by atoms with E-state index in [2.05, 4.69) is 36.0 Å². The number of hydrogen-bond donors (Lipinski definition) is 2. The van der Waals surface area contributed by atoms with Crippen LogP contribution in [0.2, 0.25) is 0 Å². The molecule has 5 rings (SSSR count). The smallest absolute Gasteiger partial charge is 0.338 e. The van der Waals surface area contributed by atoms with E-state index in [4.69, 9.17) is 21.9 Å². The third-order valence-electron chi connectivity index (χ3n) is 7.48. The fourth-order valence-electron chi connectivity index (χ4n) is 5.35. The van der Waals surface area contributed by atoms with Gasteiger partial charge < -0.3 is 25.0 Å². The Kier molecular flexibility index (Phi) is 8.46. The van der Waals surface area contributed by atoms with Crippen LogP contribution in [-0.4, -0.2) is 100 Å². The summed E-state index contributed by atoms with van der Waals surface area (Å²) >= 11 is 10.6. The van der Waals surface area contributed by atoms with E-state index < -0.39 is 29.2 Å². The number of benzene rings is 1. The van der Waals surface area contributed by atoms with Crippen LogP contribution in [-0.2, 0) is 14.3 Å². The molecule has 4 heterocycles. The van der Waals surface area contributed by atoms with Crippen molar-refractivity contribution in [2.45, 2.75) is 25.9 Å². The van der Waals surface area contributed by atoms with Gasteiger partial charge in [-0.25, -0.2) is 14.2 Å². The number of aliphatic imine (C=N–C) groups is 1. The summed E-state index contributed by atoms with van der Waals surface area (Å²) in [6.07, 6.45) is 1.69. The van der Waals surface area contributed by atoms with Gasteiger partial charge in [0, 0.05) is 61.0 Å². The average Bonchev–Trinajstić information content (AvgIpc) is 3.56. The molecule has 3 aliphatic rings. The average molecular weight is 666 g/mol. The summed E-state index contributed by atoms with van der Waals surface area (Å²) in [7, 11) is 1.33. The van der Waals surface area contributed by atoms with Gasteiger partial charge in [-0.2, -0.15) is 0 Å². The van der Waals surface area contributed by atoms with Gasteiger partial charge in [-0.05, 0) is 43.8 Å². The van der Waals surface area contributed by atoms with Gasteiger partial charge in [0.25, 0.3) is 0 Å². The zero-order valence-corrected chi connectivity index (χ0v) is 26.0. The molecule has 0 radical (unpaired) electrons. The number of thiazole rings is 1. The number of nitrogens with one attached hydrogen (secondary N) is 1. The molecule has 2 saturated heterocycles. The number of methoxy groups -OCH3 is 1. The number of amidine groups is 1. The number of carboxylic acids is 1. The van der Waals surface area contributed by atoms with Gasteiger partial charge in [0.1, 0.15) is 11.9 Å². The topological polar surface area (TPSA) is 111 Å². The van der Waals surface area contributed by atoms with Crippen molar-refractivity contribution >= 4 is 62.4 Å². The minimum Gasteiger partial charge on any atom is -0.481 e. The van der Waals surface area contributed by atoms with Gasteiger partial charge in [-0.3, -0.25) is 14.7 Å². The number of carboxylic acid groups (broad SMARTS) is 1. The first-order chi connectivity index (χ1) is 19.5. The van der Waals surface area contributed by atoms with Crippen molar-refractivity contribution < 1.29 is 23.8 Å². The van der Waals surface area contributed by atoms with E-state index in [1.54, 1.807) is 26.1 Å². The van der Waals surface area contributed by atoms with Crippen LogP contribution in [0.25, 0.3) is 0 Å². The highest BCUT2D eigenvalue weighted by atomic mass is 79.9. The second kappa shape index (κ2) is 11.7. The molecular weight excluding hydrogens is 635 g/mol.